The summed E-state index contributed by atoms with van der Waals surface area (Å²) in [5, 5.41) is 9.90. The Bertz CT molecular complexity index is 565. The average Bonchev–Trinajstić information content (AvgIpc) is 2.68. The quantitative estimate of drug-likeness (QED) is 0.923. The maximum Gasteiger partial charge on any atom is 0.307 e. The monoisotopic (exact) mass is 302 g/mol. The van der Waals surface area contributed by atoms with Gasteiger partial charge in [0.1, 0.15) is 0 Å². The lowest BCUT2D eigenvalue weighted by Gasteiger charge is -2.18. The summed E-state index contributed by atoms with van der Waals surface area (Å²) in [6.07, 6.45) is 0.777. The molecule has 1 aliphatic heterocycles. The van der Waals surface area contributed by atoms with Gasteiger partial charge in [-0.15, -0.1) is 0 Å². The highest BCUT2D eigenvalue weighted by Gasteiger charge is 2.37. The molecule has 104 valence electrons. The van der Waals surface area contributed by atoms with Gasteiger partial charge < -0.3 is 5.11 Å². The SMILES string of the molecule is O=C(O)C(Cc1ccc(Cl)cc1)C1CCS(=O)(=O)C1. The van der Waals surface area contributed by atoms with Gasteiger partial charge in [0.2, 0.25) is 0 Å². The molecule has 1 saturated heterocycles. The van der Waals surface area contributed by atoms with Crippen molar-refractivity contribution in [2.75, 3.05) is 11.5 Å². The topological polar surface area (TPSA) is 71.4 Å². The molecule has 0 spiro atoms. The summed E-state index contributed by atoms with van der Waals surface area (Å²) in [5.41, 5.74) is 0.862. The van der Waals surface area contributed by atoms with E-state index in [0.29, 0.717) is 17.9 Å². The van der Waals surface area contributed by atoms with Gasteiger partial charge in [-0.2, -0.15) is 0 Å². The van der Waals surface area contributed by atoms with Gasteiger partial charge in [-0.25, -0.2) is 8.42 Å². The number of rotatable bonds is 4. The summed E-state index contributed by atoms with van der Waals surface area (Å²) in [6, 6.07) is 6.98. The normalized spacial score (nSPS) is 23.1. The molecule has 1 aliphatic rings. The second kappa shape index (κ2) is 5.51. The zero-order chi connectivity index (χ0) is 14.0. The van der Waals surface area contributed by atoms with Crippen LogP contribution in [0.1, 0.15) is 12.0 Å². The van der Waals surface area contributed by atoms with Crippen LogP contribution in [0, 0.1) is 11.8 Å². The first-order chi connectivity index (χ1) is 8.87. The molecule has 0 radical (unpaired) electrons. The van der Waals surface area contributed by atoms with E-state index in [0.717, 1.165) is 5.56 Å². The maximum atomic E-state index is 11.5. The summed E-state index contributed by atoms with van der Waals surface area (Å²) in [5.74, 6) is -1.80. The van der Waals surface area contributed by atoms with E-state index in [4.69, 9.17) is 11.6 Å². The molecule has 0 aliphatic carbocycles. The molecule has 1 N–H and O–H groups in total. The summed E-state index contributed by atoms with van der Waals surface area (Å²) < 4.78 is 22.9. The number of hydrogen-bond donors (Lipinski definition) is 1. The molecule has 4 nitrogen and oxygen atoms in total. The van der Waals surface area contributed by atoms with Crippen molar-refractivity contribution in [3.8, 4) is 0 Å². The fourth-order valence-corrected chi connectivity index (χ4v) is 4.48. The third-order valence-electron chi connectivity index (χ3n) is 3.52. The van der Waals surface area contributed by atoms with Crippen molar-refractivity contribution in [3.05, 3.63) is 34.9 Å². The smallest absolute Gasteiger partial charge is 0.307 e. The summed E-state index contributed by atoms with van der Waals surface area (Å²) in [7, 11) is -3.06. The van der Waals surface area contributed by atoms with Crippen LogP contribution in [0.2, 0.25) is 5.02 Å². The Morgan fingerprint density at radius 3 is 2.47 bits per heavy atom. The minimum absolute atomic E-state index is 0.0163. The predicted molar refractivity (Wildman–Crippen MR) is 73.0 cm³/mol. The van der Waals surface area contributed by atoms with Crippen LogP contribution in [0.5, 0.6) is 0 Å². The van der Waals surface area contributed by atoms with Gasteiger partial charge >= 0.3 is 5.97 Å². The molecule has 0 bridgehead atoms. The van der Waals surface area contributed by atoms with Crippen LogP contribution in [0.25, 0.3) is 0 Å². The lowest BCUT2D eigenvalue weighted by molar-refractivity contribution is -0.143. The number of aliphatic carboxylic acids is 1. The molecule has 2 rings (SSSR count). The minimum atomic E-state index is -3.06. The van der Waals surface area contributed by atoms with E-state index in [1.807, 2.05) is 0 Å². The molecular weight excluding hydrogens is 288 g/mol. The lowest BCUT2D eigenvalue weighted by atomic mass is 9.86. The maximum absolute atomic E-state index is 11.5. The number of carbonyl (C=O) groups is 1. The van der Waals surface area contributed by atoms with Gasteiger partial charge in [-0.3, -0.25) is 4.79 Å². The van der Waals surface area contributed by atoms with Crippen LogP contribution in [0.3, 0.4) is 0 Å². The molecule has 1 heterocycles. The molecule has 2 atom stereocenters. The van der Waals surface area contributed by atoms with Crippen molar-refractivity contribution >= 4 is 27.4 Å². The Labute approximate surface area is 117 Å². The fraction of sp³-hybridized carbons (Fsp3) is 0.462. The number of benzene rings is 1. The van der Waals surface area contributed by atoms with E-state index < -0.39 is 21.7 Å². The Hall–Kier alpha value is -1.07. The highest BCUT2D eigenvalue weighted by atomic mass is 35.5. The average molecular weight is 303 g/mol. The van der Waals surface area contributed by atoms with Gasteiger partial charge in [-0.05, 0) is 36.5 Å². The Kier molecular flexibility index (Phi) is 4.16. The first-order valence-electron chi connectivity index (χ1n) is 6.05. The van der Waals surface area contributed by atoms with Crippen LogP contribution in [0.15, 0.2) is 24.3 Å². The summed E-state index contributed by atoms with van der Waals surface area (Å²) in [6.45, 7) is 0. The van der Waals surface area contributed by atoms with E-state index in [2.05, 4.69) is 0 Å². The summed E-state index contributed by atoms with van der Waals surface area (Å²) >= 11 is 5.78. The highest BCUT2D eigenvalue weighted by Crippen LogP contribution is 2.29. The van der Waals surface area contributed by atoms with Crippen LogP contribution in [-0.2, 0) is 21.1 Å². The van der Waals surface area contributed by atoms with Crippen molar-refractivity contribution in [1.29, 1.82) is 0 Å². The van der Waals surface area contributed by atoms with E-state index in [1.54, 1.807) is 24.3 Å². The second-order valence-corrected chi connectivity index (χ2v) is 7.60. The molecule has 1 aromatic carbocycles. The highest BCUT2D eigenvalue weighted by molar-refractivity contribution is 7.91. The first kappa shape index (κ1) is 14.3. The number of hydrogen-bond acceptors (Lipinski definition) is 3. The van der Waals surface area contributed by atoms with E-state index >= 15 is 0 Å². The van der Waals surface area contributed by atoms with Crippen molar-refractivity contribution in [3.63, 3.8) is 0 Å². The van der Waals surface area contributed by atoms with Crippen LogP contribution in [0.4, 0.5) is 0 Å². The molecule has 1 fully saturated rings. The van der Waals surface area contributed by atoms with Gasteiger partial charge in [-0.1, -0.05) is 23.7 Å². The fourth-order valence-electron chi connectivity index (χ4n) is 2.47. The molecule has 2 unspecified atom stereocenters. The Morgan fingerprint density at radius 2 is 2.00 bits per heavy atom. The Balaban J connectivity index is 2.13. The largest absolute Gasteiger partial charge is 0.481 e. The third-order valence-corrected chi connectivity index (χ3v) is 5.57. The van der Waals surface area contributed by atoms with Crippen LogP contribution < -0.4 is 0 Å². The molecule has 1 aromatic rings. The number of halogens is 1. The van der Waals surface area contributed by atoms with E-state index in [9.17, 15) is 18.3 Å². The van der Waals surface area contributed by atoms with Crippen molar-refractivity contribution in [2.45, 2.75) is 12.8 Å². The Morgan fingerprint density at radius 1 is 1.37 bits per heavy atom. The van der Waals surface area contributed by atoms with Crippen molar-refractivity contribution in [2.24, 2.45) is 11.8 Å². The number of carboxylic acid groups (broad SMARTS) is 1. The third kappa shape index (κ3) is 3.70. The van der Waals surface area contributed by atoms with Crippen LogP contribution in [-0.4, -0.2) is 31.0 Å². The predicted octanol–water partition coefficient (Wildman–Crippen LogP) is 2.02. The standard InChI is InChI=1S/C13H15ClO4S/c14-11-3-1-9(2-4-11)7-12(13(15)16)10-5-6-19(17,18)8-10/h1-4,10,12H,5-8H2,(H,15,16). The van der Waals surface area contributed by atoms with Gasteiger partial charge in [0.25, 0.3) is 0 Å². The van der Waals surface area contributed by atoms with Crippen LogP contribution >= 0.6 is 11.6 Å². The number of carboxylic acids is 1. The lowest BCUT2D eigenvalue weighted by Crippen LogP contribution is -2.26. The zero-order valence-electron chi connectivity index (χ0n) is 10.3. The molecule has 0 saturated carbocycles. The number of sulfone groups is 1. The molecular formula is C13H15ClO4S. The van der Waals surface area contributed by atoms with Gasteiger partial charge in [0.05, 0.1) is 17.4 Å². The molecule has 6 heteroatoms. The van der Waals surface area contributed by atoms with Gasteiger partial charge in [0.15, 0.2) is 9.84 Å². The van der Waals surface area contributed by atoms with E-state index in [-0.39, 0.29) is 17.4 Å². The second-order valence-electron chi connectivity index (χ2n) is 4.94. The zero-order valence-corrected chi connectivity index (χ0v) is 11.8. The van der Waals surface area contributed by atoms with E-state index in [1.165, 1.54) is 0 Å². The first-order valence-corrected chi connectivity index (χ1v) is 8.25. The molecule has 19 heavy (non-hydrogen) atoms. The van der Waals surface area contributed by atoms with Crippen molar-refractivity contribution < 1.29 is 18.3 Å². The summed E-state index contributed by atoms with van der Waals surface area (Å²) in [4.78, 5) is 11.3. The van der Waals surface area contributed by atoms with Gasteiger partial charge in [0, 0.05) is 5.02 Å². The molecule has 0 aromatic heterocycles. The molecule has 0 amide bonds. The minimum Gasteiger partial charge on any atom is -0.481 e. The van der Waals surface area contributed by atoms with Crippen molar-refractivity contribution in [1.82, 2.24) is 0 Å².